The maximum Gasteiger partial charge on any atom is 0.126 e. The van der Waals surface area contributed by atoms with Crippen molar-refractivity contribution in [2.45, 2.75) is 33.1 Å². The van der Waals surface area contributed by atoms with Crippen molar-refractivity contribution < 1.29 is 4.74 Å². The molecule has 0 saturated heterocycles. The van der Waals surface area contributed by atoms with Crippen LogP contribution in [0.1, 0.15) is 31.4 Å². The Balaban J connectivity index is 2.67. The average Bonchev–Trinajstić information content (AvgIpc) is 2.31. The molecule has 0 unspecified atom stereocenters. The number of hydrogen-bond acceptors (Lipinski definition) is 2. The standard InChI is InChI=1S/C14H18ClNO/c1-11-5-4-6-12(9-15)13(11)17-8-7-14(2,3)10-16/h4-6H,7-9H2,1-3H3. The molecule has 0 aromatic heterocycles. The third kappa shape index (κ3) is 3.94. The zero-order valence-corrected chi connectivity index (χ0v) is 11.3. The van der Waals surface area contributed by atoms with Crippen LogP contribution in [-0.2, 0) is 5.88 Å². The van der Waals surface area contributed by atoms with E-state index < -0.39 is 0 Å². The number of halogens is 1. The van der Waals surface area contributed by atoms with Crippen LogP contribution in [0.3, 0.4) is 0 Å². The van der Waals surface area contributed by atoms with E-state index in [9.17, 15) is 0 Å². The van der Waals surface area contributed by atoms with Crippen LogP contribution in [0.5, 0.6) is 5.75 Å². The molecule has 3 heteroatoms. The molecule has 1 aromatic carbocycles. The summed E-state index contributed by atoms with van der Waals surface area (Å²) in [6.45, 7) is 6.36. The molecule has 0 aliphatic carbocycles. The van der Waals surface area contributed by atoms with Crippen LogP contribution >= 0.6 is 11.6 Å². The molecule has 0 fully saturated rings. The summed E-state index contributed by atoms with van der Waals surface area (Å²) in [5, 5.41) is 8.92. The number of rotatable bonds is 5. The van der Waals surface area contributed by atoms with E-state index in [2.05, 4.69) is 6.07 Å². The van der Waals surface area contributed by atoms with Gasteiger partial charge < -0.3 is 4.74 Å². The van der Waals surface area contributed by atoms with Gasteiger partial charge in [0.2, 0.25) is 0 Å². The molecule has 0 N–H and O–H groups in total. The Hall–Kier alpha value is -1.20. The summed E-state index contributed by atoms with van der Waals surface area (Å²) in [7, 11) is 0. The summed E-state index contributed by atoms with van der Waals surface area (Å²) >= 11 is 5.87. The Morgan fingerprint density at radius 3 is 2.71 bits per heavy atom. The van der Waals surface area contributed by atoms with Crippen molar-refractivity contribution in [2.24, 2.45) is 5.41 Å². The fraction of sp³-hybridized carbons (Fsp3) is 0.500. The maximum atomic E-state index is 8.92. The lowest BCUT2D eigenvalue weighted by Gasteiger charge is -2.17. The summed E-state index contributed by atoms with van der Waals surface area (Å²) in [4.78, 5) is 0. The van der Waals surface area contributed by atoms with Crippen molar-refractivity contribution in [1.82, 2.24) is 0 Å². The summed E-state index contributed by atoms with van der Waals surface area (Å²) in [5.74, 6) is 1.30. The minimum Gasteiger partial charge on any atom is -0.493 e. The number of nitriles is 1. The average molecular weight is 252 g/mol. The minimum absolute atomic E-state index is 0.343. The molecule has 1 aromatic rings. The van der Waals surface area contributed by atoms with E-state index in [0.29, 0.717) is 18.9 Å². The molecule has 1 rings (SSSR count). The second-order valence-corrected chi connectivity index (χ2v) is 5.06. The van der Waals surface area contributed by atoms with Crippen molar-refractivity contribution in [2.75, 3.05) is 6.61 Å². The van der Waals surface area contributed by atoms with Gasteiger partial charge in [-0.25, -0.2) is 0 Å². The first-order chi connectivity index (χ1) is 8.00. The lowest BCUT2D eigenvalue weighted by Crippen LogP contribution is -2.13. The molecule has 2 nitrogen and oxygen atoms in total. The lowest BCUT2D eigenvalue weighted by atomic mass is 9.92. The molecule has 92 valence electrons. The van der Waals surface area contributed by atoms with E-state index in [1.807, 2.05) is 39.0 Å². The molecular weight excluding hydrogens is 234 g/mol. The molecule has 0 amide bonds. The predicted molar refractivity (Wildman–Crippen MR) is 70.2 cm³/mol. The molecule has 0 radical (unpaired) electrons. The lowest BCUT2D eigenvalue weighted by molar-refractivity contribution is 0.261. The quantitative estimate of drug-likeness (QED) is 0.740. The van der Waals surface area contributed by atoms with Gasteiger partial charge in [0.15, 0.2) is 0 Å². The van der Waals surface area contributed by atoms with Gasteiger partial charge in [-0.3, -0.25) is 0 Å². The highest BCUT2D eigenvalue weighted by Gasteiger charge is 2.17. The Bertz CT molecular complexity index is 421. The Morgan fingerprint density at radius 1 is 1.41 bits per heavy atom. The van der Waals surface area contributed by atoms with Crippen LogP contribution in [0, 0.1) is 23.7 Å². The van der Waals surface area contributed by atoms with Gasteiger partial charge in [0.25, 0.3) is 0 Å². The fourth-order valence-electron chi connectivity index (χ4n) is 1.49. The number of nitrogens with zero attached hydrogens (tertiary/aromatic N) is 1. The first kappa shape index (κ1) is 13.9. The normalized spacial score (nSPS) is 11.0. The molecule has 0 heterocycles. The first-order valence-electron chi connectivity index (χ1n) is 5.68. The smallest absolute Gasteiger partial charge is 0.126 e. The van der Waals surface area contributed by atoms with Gasteiger partial charge in [-0.1, -0.05) is 18.2 Å². The second kappa shape index (κ2) is 5.93. The molecule has 0 saturated carbocycles. The molecule has 0 spiro atoms. The zero-order chi connectivity index (χ0) is 12.9. The van der Waals surface area contributed by atoms with Gasteiger partial charge in [-0.15, -0.1) is 11.6 Å². The molecule has 17 heavy (non-hydrogen) atoms. The zero-order valence-electron chi connectivity index (χ0n) is 10.6. The van der Waals surface area contributed by atoms with E-state index in [-0.39, 0.29) is 5.41 Å². The van der Waals surface area contributed by atoms with Crippen molar-refractivity contribution in [3.63, 3.8) is 0 Å². The van der Waals surface area contributed by atoms with E-state index in [1.165, 1.54) is 0 Å². The van der Waals surface area contributed by atoms with Gasteiger partial charge in [-0.2, -0.15) is 5.26 Å². The minimum atomic E-state index is -0.343. The van der Waals surface area contributed by atoms with Gasteiger partial charge in [0.1, 0.15) is 5.75 Å². The largest absolute Gasteiger partial charge is 0.493 e. The summed E-state index contributed by atoms with van der Waals surface area (Å²) < 4.78 is 5.76. The van der Waals surface area contributed by atoms with Crippen LogP contribution in [0.15, 0.2) is 18.2 Å². The van der Waals surface area contributed by atoms with Gasteiger partial charge >= 0.3 is 0 Å². The third-order valence-electron chi connectivity index (χ3n) is 2.71. The van der Waals surface area contributed by atoms with Crippen LogP contribution in [0.4, 0.5) is 0 Å². The highest BCUT2D eigenvalue weighted by Crippen LogP contribution is 2.26. The number of benzene rings is 1. The van der Waals surface area contributed by atoms with Crippen molar-refractivity contribution in [3.8, 4) is 11.8 Å². The number of ether oxygens (including phenoxy) is 1. The van der Waals surface area contributed by atoms with Gasteiger partial charge in [-0.05, 0) is 32.8 Å². The van der Waals surface area contributed by atoms with Crippen molar-refractivity contribution >= 4 is 11.6 Å². The fourth-order valence-corrected chi connectivity index (χ4v) is 1.70. The van der Waals surface area contributed by atoms with Crippen LogP contribution in [-0.4, -0.2) is 6.61 Å². The molecule has 0 aliphatic heterocycles. The van der Waals surface area contributed by atoms with E-state index >= 15 is 0 Å². The summed E-state index contributed by atoms with van der Waals surface area (Å²) in [5.41, 5.74) is 1.74. The maximum absolute atomic E-state index is 8.92. The van der Waals surface area contributed by atoms with E-state index in [0.717, 1.165) is 16.9 Å². The number of hydrogen-bond donors (Lipinski definition) is 0. The van der Waals surface area contributed by atoms with Crippen LogP contribution < -0.4 is 4.74 Å². The Morgan fingerprint density at radius 2 is 2.12 bits per heavy atom. The molecule has 0 bridgehead atoms. The Labute approximate surface area is 108 Å². The summed E-state index contributed by atoms with van der Waals surface area (Å²) in [6, 6.07) is 8.20. The number of alkyl halides is 1. The SMILES string of the molecule is Cc1cccc(CCl)c1OCCC(C)(C)C#N. The number of para-hydroxylation sites is 1. The van der Waals surface area contributed by atoms with Crippen molar-refractivity contribution in [1.29, 1.82) is 5.26 Å². The highest BCUT2D eigenvalue weighted by atomic mass is 35.5. The highest BCUT2D eigenvalue weighted by molar-refractivity contribution is 6.17. The van der Waals surface area contributed by atoms with Crippen molar-refractivity contribution in [3.05, 3.63) is 29.3 Å². The Kier molecular flexibility index (Phi) is 4.84. The topological polar surface area (TPSA) is 33.0 Å². The third-order valence-corrected chi connectivity index (χ3v) is 3.00. The first-order valence-corrected chi connectivity index (χ1v) is 6.22. The van der Waals surface area contributed by atoms with Gasteiger partial charge in [0, 0.05) is 5.56 Å². The van der Waals surface area contributed by atoms with E-state index in [4.69, 9.17) is 21.6 Å². The monoisotopic (exact) mass is 251 g/mol. The van der Waals surface area contributed by atoms with Crippen LogP contribution in [0.2, 0.25) is 0 Å². The summed E-state index contributed by atoms with van der Waals surface area (Å²) in [6.07, 6.45) is 0.708. The molecular formula is C14H18ClNO. The molecule has 0 atom stereocenters. The molecule has 0 aliphatic rings. The number of aryl methyl sites for hydroxylation is 1. The second-order valence-electron chi connectivity index (χ2n) is 4.79. The van der Waals surface area contributed by atoms with E-state index in [1.54, 1.807) is 0 Å². The van der Waals surface area contributed by atoms with Gasteiger partial charge in [0.05, 0.1) is 24.0 Å². The van der Waals surface area contributed by atoms with Crippen LogP contribution in [0.25, 0.3) is 0 Å². The predicted octanol–water partition coefficient (Wildman–Crippen LogP) is 4.05.